The second kappa shape index (κ2) is 7.06. The maximum atomic E-state index is 9.55. The van der Waals surface area contributed by atoms with E-state index in [4.69, 9.17) is 20.1 Å². The maximum Gasteiger partial charge on any atom is 0.402 e. The van der Waals surface area contributed by atoms with Crippen molar-refractivity contribution >= 4 is 18.0 Å². The van der Waals surface area contributed by atoms with Gasteiger partial charge in [0, 0.05) is 12.2 Å². The van der Waals surface area contributed by atoms with Gasteiger partial charge in [-0.1, -0.05) is 0 Å². The molecule has 0 saturated heterocycles. The van der Waals surface area contributed by atoms with Gasteiger partial charge in [-0.3, -0.25) is 0 Å². The molecule has 68 valence electrons. The number of carboxylic acids is 2. The maximum absolute atomic E-state index is 9.55. The van der Waals surface area contributed by atoms with Gasteiger partial charge in [-0.15, -0.1) is 0 Å². The standard InChI is InChI=1S/C4H4O4.CH3NO2/c5-3(6)1-2-4(7)8;2-1(3)4/h1-2H,(H,5,6)(H,7,8);2H2,(H,3,4)/b2-1+;. The first-order valence-electron chi connectivity index (χ1n) is 2.48. The summed E-state index contributed by atoms with van der Waals surface area (Å²) in [6.07, 6.45) is -0.218. The quantitative estimate of drug-likeness (QED) is 0.413. The number of primary amides is 1. The van der Waals surface area contributed by atoms with Crippen LogP contribution in [-0.2, 0) is 9.59 Å². The molecule has 7 heteroatoms. The van der Waals surface area contributed by atoms with Crippen LogP contribution in [-0.4, -0.2) is 33.4 Å². The second-order valence-electron chi connectivity index (χ2n) is 1.35. The molecule has 7 nitrogen and oxygen atoms in total. The molecule has 0 rings (SSSR count). The van der Waals surface area contributed by atoms with Crippen molar-refractivity contribution in [3.05, 3.63) is 12.2 Å². The summed E-state index contributed by atoms with van der Waals surface area (Å²) >= 11 is 0. The van der Waals surface area contributed by atoms with E-state index in [9.17, 15) is 9.59 Å². The number of hydrogen-bond donors (Lipinski definition) is 4. The SMILES string of the molecule is NC(=O)O.O=C(O)/C=C/C(=O)O. The Balaban J connectivity index is 0. The molecular weight excluding hydrogens is 170 g/mol. The molecule has 0 atom stereocenters. The molecule has 5 N–H and O–H groups in total. The molecule has 0 aromatic heterocycles. The summed E-state index contributed by atoms with van der Waals surface area (Å²) in [6.45, 7) is 0. The zero-order chi connectivity index (χ0) is 10.1. The second-order valence-corrected chi connectivity index (χ2v) is 1.35. The van der Waals surface area contributed by atoms with Crippen LogP contribution in [0.25, 0.3) is 0 Å². The van der Waals surface area contributed by atoms with Crippen molar-refractivity contribution in [3.8, 4) is 0 Å². The fourth-order valence-electron chi connectivity index (χ4n) is 0.143. The van der Waals surface area contributed by atoms with Gasteiger partial charge < -0.3 is 21.1 Å². The lowest BCUT2D eigenvalue weighted by molar-refractivity contribution is -0.134. The normalized spacial score (nSPS) is 8.33. The number of carbonyl (C=O) groups is 3. The van der Waals surface area contributed by atoms with Gasteiger partial charge in [0.15, 0.2) is 0 Å². The molecule has 0 aliphatic carbocycles. The van der Waals surface area contributed by atoms with Crippen LogP contribution >= 0.6 is 0 Å². The van der Waals surface area contributed by atoms with E-state index in [-0.39, 0.29) is 0 Å². The minimum atomic E-state index is -1.33. The molecule has 12 heavy (non-hydrogen) atoms. The summed E-state index contributed by atoms with van der Waals surface area (Å²) in [5.41, 5.74) is 4.03. The number of hydrogen-bond acceptors (Lipinski definition) is 3. The summed E-state index contributed by atoms with van der Waals surface area (Å²) in [5.74, 6) is -2.51. The first-order chi connectivity index (χ1) is 5.36. The van der Waals surface area contributed by atoms with Crippen molar-refractivity contribution in [2.45, 2.75) is 0 Å². The first kappa shape index (κ1) is 12.6. The Labute approximate surface area is 66.7 Å². The molecule has 0 bridgehead atoms. The van der Waals surface area contributed by atoms with Gasteiger partial charge >= 0.3 is 18.0 Å². The highest BCUT2D eigenvalue weighted by molar-refractivity contribution is 5.89. The highest BCUT2D eigenvalue weighted by atomic mass is 16.4. The molecule has 0 aromatic rings. The number of rotatable bonds is 2. The zero-order valence-electron chi connectivity index (χ0n) is 5.80. The van der Waals surface area contributed by atoms with Crippen molar-refractivity contribution < 1.29 is 29.7 Å². The van der Waals surface area contributed by atoms with Crippen LogP contribution in [0.2, 0.25) is 0 Å². The molecule has 0 fully saturated rings. The number of carboxylic acid groups (broad SMARTS) is 3. The molecule has 1 amide bonds. The fraction of sp³-hybridized carbons (Fsp3) is 0. The predicted molar refractivity (Wildman–Crippen MR) is 36.6 cm³/mol. The summed E-state index contributed by atoms with van der Waals surface area (Å²) in [6, 6.07) is 0. The Hall–Kier alpha value is -2.05. The summed E-state index contributed by atoms with van der Waals surface area (Å²) in [4.78, 5) is 27.9. The zero-order valence-corrected chi connectivity index (χ0v) is 5.80. The van der Waals surface area contributed by atoms with E-state index in [1.165, 1.54) is 0 Å². The van der Waals surface area contributed by atoms with E-state index < -0.39 is 18.0 Å². The minimum Gasteiger partial charge on any atom is -0.478 e. The van der Waals surface area contributed by atoms with E-state index in [1.807, 2.05) is 0 Å². The lowest BCUT2D eigenvalue weighted by atomic mass is 10.5. The van der Waals surface area contributed by atoms with Crippen molar-refractivity contribution in [2.24, 2.45) is 5.73 Å². The van der Waals surface area contributed by atoms with E-state index in [0.717, 1.165) is 0 Å². The van der Waals surface area contributed by atoms with Gasteiger partial charge in [-0.25, -0.2) is 14.4 Å². The lowest BCUT2D eigenvalue weighted by Gasteiger charge is -1.74. The van der Waals surface area contributed by atoms with Crippen LogP contribution in [0.3, 0.4) is 0 Å². The van der Waals surface area contributed by atoms with Gasteiger partial charge in [-0.05, 0) is 0 Å². The molecule has 0 radical (unpaired) electrons. The van der Waals surface area contributed by atoms with Crippen molar-refractivity contribution in [1.29, 1.82) is 0 Å². The van der Waals surface area contributed by atoms with Crippen LogP contribution in [0.15, 0.2) is 12.2 Å². The van der Waals surface area contributed by atoms with Gasteiger partial charge in [0.1, 0.15) is 0 Å². The van der Waals surface area contributed by atoms with Crippen LogP contribution in [0.5, 0.6) is 0 Å². The Morgan fingerprint density at radius 2 is 1.08 bits per heavy atom. The average Bonchev–Trinajstić information content (AvgIpc) is 1.82. The molecule has 0 spiro atoms. The van der Waals surface area contributed by atoms with E-state index >= 15 is 0 Å². The Bertz CT molecular complexity index is 188. The predicted octanol–water partition coefficient (Wildman–Crippen LogP) is -0.665. The van der Waals surface area contributed by atoms with Crippen LogP contribution < -0.4 is 5.73 Å². The Kier molecular flexibility index (Phi) is 7.42. The van der Waals surface area contributed by atoms with Crippen LogP contribution in [0, 0.1) is 0 Å². The molecule has 0 saturated carbocycles. The molecule has 0 aliphatic heterocycles. The van der Waals surface area contributed by atoms with E-state index in [2.05, 4.69) is 5.73 Å². The first-order valence-corrected chi connectivity index (χ1v) is 2.48. The van der Waals surface area contributed by atoms with Gasteiger partial charge in [-0.2, -0.15) is 0 Å². The number of aliphatic carboxylic acids is 2. The molecule has 0 aromatic carbocycles. The molecule has 0 aliphatic rings. The molecular formula is C5H7NO6. The summed E-state index contributed by atoms with van der Waals surface area (Å²) in [5, 5.41) is 22.8. The van der Waals surface area contributed by atoms with Gasteiger partial charge in [0.25, 0.3) is 0 Å². The number of nitrogens with two attached hydrogens (primary N) is 1. The van der Waals surface area contributed by atoms with E-state index in [0.29, 0.717) is 12.2 Å². The highest BCUT2D eigenvalue weighted by Crippen LogP contribution is 1.70. The summed E-state index contributed by atoms with van der Waals surface area (Å²) < 4.78 is 0. The average molecular weight is 177 g/mol. The van der Waals surface area contributed by atoms with Crippen molar-refractivity contribution in [1.82, 2.24) is 0 Å². The fourth-order valence-corrected chi connectivity index (χ4v) is 0.143. The smallest absolute Gasteiger partial charge is 0.402 e. The van der Waals surface area contributed by atoms with Crippen molar-refractivity contribution in [2.75, 3.05) is 0 Å². The third-order valence-corrected chi connectivity index (χ3v) is 0.368. The monoisotopic (exact) mass is 177 g/mol. The van der Waals surface area contributed by atoms with Crippen LogP contribution in [0.1, 0.15) is 0 Å². The molecule has 0 unspecified atom stereocenters. The summed E-state index contributed by atoms with van der Waals surface area (Å²) in [7, 11) is 0. The topological polar surface area (TPSA) is 138 Å². The van der Waals surface area contributed by atoms with E-state index in [1.54, 1.807) is 0 Å². The third kappa shape index (κ3) is 44.1. The minimum absolute atomic E-state index is 0.558. The van der Waals surface area contributed by atoms with Crippen molar-refractivity contribution in [3.63, 3.8) is 0 Å². The van der Waals surface area contributed by atoms with Gasteiger partial charge in [0.05, 0.1) is 0 Å². The van der Waals surface area contributed by atoms with Crippen LogP contribution in [0.4, 0.5) is 4.79 Å². The number of amides is 1. The Morgan fingerprint density at radius 1 is 0.917 bits per heavy atom. The Morgan fingerprint density at radius 3 is 1.17 bits per heavy atom. The largest absolute Gasteiger partial charge is 0.478 e. The highest BCUT2D eigenvalue weighted by Gasteiger charge is 1.88. The third-order valence-electron chi connectivity index (χ3n) is 0.368. The van der Waals surface area contributed by atoms with Gasteiger partial charge in [0.2, 0.25) is 0 Å². The lowest BCUT2D eigenvalue weighted by Crippen LogP contribution is -2.03. The molecule has 0 heterocycles.